The number of methoxy groups -OCH3 is 1. The van der Waals surface area contributed by atoms with Crippen LogP contribution < -0.4 is 5.32 Å². The summed E-state index contributed by atoms with van der Waals surface area (Å²) in [7, 11) is 1.29. The van der Waals surface area contributed by atoms with Crippen LogP contribution in [0.15, 0.2) is 0 Å². The number of rotatable bonds is 4. The third-order valence-corrected chi connectivity index (χ3v) is 4.96. The lowest BCUT2D eigenvalue weighted by Crippen LogP contribution is -2.36. The van der Waals surface area contributed by atoms with Gasteiger partial charge in [-0.25, -0.2) is 9.78 Å². The number of hydrogen-bond donors (Lipinski definition) is 1. The number of esters is 2. The molecule has 0 aliphatic carbocycles. The monoisotopic (exact) mass is 340 g/mol. The zero-order chi connectivity index (χ0) is 17.4. The molecule has 1 aliphatic heterocycles. The van der Waals surface area contributed by atoms with E-state index in [2.05, 4.69) is 10.3 Å². The Bertz CT molecular complexity index is 650. The number of hydrogen-bond acceptors (Lipinski definition) is 7. The molecule has 1 N–H and O–H groups in total. The van der Waals surface area contributed by atoms with Crippen LogP contribution >= 0.6 is 11.3 Å². The minimum atomic E-state index is -0.857. The standard InChI is InChI=1S/C15H20N2O5S/c1-7(2)11-10(13(20)21-5)16-14(23-11)17-12(19)8-6-9(18)22-15(8,3)4/h7-8H,6H2,1-5H3,(H,16,17,19)/t8-/m0/s1. The molecule has 8 heteroatoms. The molecule has 1 atom stereocenters. The molecule has 1 aromatic heterocycles. The molecular formula is C15H20N2O5S. The third kappa shape index (κ3) is 3.52. The normalized spacial score (nSPS) is 19.6. The average Bonchev–Trinajstić information content (AvgIpc) is 2.98. The Balaban J connectivity index is 2.22. The van der Waals surface area contributed by atoms with Gasteiger partial charge in [0.25, 0.3) is 0 Å². The topological polar surface area (TPSA) is 94.6 Å². The van der Waals surface area contributed by atoms with Crippen molar-refractivity contribution < 1.29 is 23.9 Å². The molecule has 0 saturated carbocycles. The zero-order valence-electron chi connectivity index (χ0n) is 13.8. The van der Waals surface area contributed by atoms with Crippen molar-refractivity contribution in [1.82, 2.24) is 4.98 Å². The Kier molecular flexibility index (Phi) is 4.74. The van der Waals surface area contributed by atoms with Crippen LogP contribution in [-0.4, -0.2) is 35.5 Å². The molecule has 1 aliphatic rings. The van der Waals surface area contributed by atoms with Gasteiger partial charge in [0.05, 0.1) is 19.4 Å². The molecule has 1 aromatic rings. The van der Waals surface area contributed by atoms with Crippen molar-refractivity contribution in [1.29, 1.82) is 0 Å². The molecular weight excluding hydrogens is 320 g/mol. The van der Waals surface area contributed by atoms with Gasteiger partial charge in [-0.15, -0.1) is 11.3 Å². The maximum Gasteiger partial charge on any atom is 0.357 e. The van der Waals surface area contributed by atoms with Crippen LogP contribution in [0.4, 0.5) is 5.13 Å². The van der Waals surface area contributed by atoms with Gasteiger partial charge in [0.2, 0.25) is 5.91 Å². The molecule has 7 nitrogen and oxygen atoms in total. The number of anilines is 1. The maximum absolute atomic E-state index is 12.4. The minimum Gasteiger partial charge on any atom is -0.464 e. The average molecular weight is 340 g/mol. The molecule has 23 heavy (non-hydrogen) atoms. The summed E-state index contributed by atoms with van der Waals surface area (Å²) in [6, 6.07) is 0. The highest BCUT2D eigenvalue weighted by molar-refractivity contribution is 7.16. The number of nitrogens with zero attached hydrogens (tertiary/aromatic N) is 1. The van der Waals surface area contributed by atoms with Crippen molar-refractivity contribution in [2.45, 2.75) is 45.6 Å². The molecule has 0 aromatic carbocycles. The van der Waals surface area contributed by atoms with Gasteiger partial charge >= 0.3 is 11.9 Å². The zero-order valence-corrected chi connectivity index (χ0v) is 14.6. The van der Waals surface area contributed by atoms with Crippen LogP contribution in [0.5, 0.6) is 0 Å². The van der Waals surface area contributed by atoms with Gasteiger partial charge in [0.15, 0.2) is 10.8 Å². The first-order valence-electron chi connectivity index (χ1n) is 7.27. The van der Waals surface area contributed by atoms with Crippen LogP contribution in [0.25, 0.3) is 0 Å². The number of aromatic nitrogens is 1. The van der Waals surface area contributed by atoms with Gasteiger partial charge < -0.3 is 14.8 Å². The van der Waals surface area contributed by atoms with Crippen molar-refractivity contribution >= 4 is 34.3 Å². The fraction of sp³-hybridized carbons (Fsp3) is 0.600. The summed E-state index contributed by atoms with van der Waals surface area (Å²) in [6.07, 6.45) is 0.0328. The Morgan fingerprint density at radius 3 is 2.57 bits per heavy atom. The molecule has 1 amide bonds. The number of cyclic esters (lactones) is 1. The predicted molar refractivity (Wildman–Crippen MR) is 84.5 cm³/mol. The lowest BCUT2D eigenvalue weighted by molar-refractivity contribution is -0.147. The van der Waals surface area contributed by atoms with Crippen LogP contribution in [0.1, 0.15) is 55.4 Å². The molecule has 1 fully saturated rings. The number of nitrogens with one attached hydrogen (secondary N) is 1. The van der Waals surface area contributed by atoms with Crippen molar-refractivity contribution in [3.63, 3.8) is 0 Å². The lowest BCUT2D eigenvalue weighted by atomic mass is 9.90. The molecule has 1 saturated heterocycles. The Morgan fingerprint density at radius 2 is 2.09 bits per heavy atom. The fourth-order valence-corrected chi connectivity index (χ4v) is 3.40. The Morgan fingerprint density at radius 1 is 1.43 bits per heavy atom. The number of amides is 1. The predicted octanol–water partition coefficient (Wildman–Crippen LogP) is 2.33. The molecule has 0 unspecified atom stereocenters. The van der Waals surface area contributed by atoms with Gasteiger partial charge in [-0.1, -0.05) is 13.8 Å². The number of ether oxygens (including phenoxy) is 2. The van der Waals surface area contributed by atoms with E-state index in [1.807, 2.05) is 13.8 Å². The second kappa shape index (κ2) is 6.27. The van der Waals surface area contributed by atoms with Crippen molar-refractivity contribution in [3.05, 3.63) is 10.6 Å². The third-order valence-electron chi connectivity index (χ3n) is 3.69. The summed E-state index contributed by atoms with van der Waals surface area (Å²) in [6.45, 7) is 7.25. The summed E-state index contributed by atoms with van der Waals surface area (Å²) >= 11 is 1.23. The van der Waals surface area contributed by atoms with E-state index in [1.54, 1.807) is 13.8 Å². The SMILES string of the molecule is COC(=O)c1nc(NC(=O)[C@@H]2CC(=O)OC2(C)C)sc1C(C)C. The van der Waals surface area contributed by atoms with E-state index in [0.29, 0.717) is 5.13 Å². The highest BCUT2D eigenvalue weighted by atomic mass is 32.1. The van der Waals surface area contributed by atoms with Gasteiger partial charge in [-0.05, 0) is 19.8 Å². The van der Waals surface area contributed by atoms with Gasteiger partial charge in [-0.3, -0.25) is 9.59 Å². The number of thiazole rings is 1. The largest absolute Gasteiger partial charge is 0.464 e. The summed E-state index contributed by atoms with van der Waals surface area (Å²) in [4.78, 5) is 40.5. The Hall–Kier alpha value is -1.96. The van der Waals surface area contributed by atoms with E-state index in [1.165, 1.54) is 18.4 Å². The molecule has 2 rings (SSSR count). The van der Waals surface area contributed by atoms with Gasteiger partial charge in [0.1, 0.15) is 5.60 Å². The van der Waals surface area contributed by atoms with Crippen LogP contribution in [0.2, 0.25) is 0 Å². The molecule has 0 bridgehead atoms. The molecule has 2 heterocycles. The summed E-state index contributed by atoms with van der Waals surface area (Å²) in [5, 5.41) is 3.00. The molecule has 0 spiro atoms. The highest BCUT2D eigenvalue weighted by Crippen LogP contribution is 2.35. The van der Waals surface area contributed by atoms with E-state index in [9.17, 15) is 14.4 Å². The quantitative estimate of drug-likeness (QED) is 0.845. The molecule has 126 valence electrons. The van der Waals surface area contributed by atoms with Crippen LogP contribution in [0, 0.1) is 5.92 Å². The smallest absolute Gasteiger partial charge is 0.357 e. The lowest BCUT2D eigenvalue weighted by Gasteiger charge is -2.23. The number of carbonyl (C=O) groups is 3. The summed E-state index contributed by atoms with van der Waals surface area (Å²) < 4.78 is 9.87. The van der Waals surface area contributed by atoms with E-state index >= 15 is 0 Å². The second-order valence-electron chi connectivity index (χ2n) is 6.20. The Labute approximate surface area is 138 Å². The van der Waals surface area contributed by atoms with Crippen molar-refractivity contribution in [2.75, 3.05) is 12.4 Å². The van der Waals surface area contributed by atoms with Gasteiger partial charge in [-0.2, -0.15) is 0 Å². The summed E-state index contributed by atoms with van der Waals surface area (Å²) in [5.74, 6) is -1.80. The van der Waals surface area contributed by atoms with Crippen LogP contribution in [-0.2, 0) is 19.1 Å². The first-order chi connectivity index (χ1) is 10.7. The van der Waals surface area contributed by atoms with Crippen molar-refractivity contribution in [3.8, 4) is 0 Å². The van der Waals surface area contributed by atoms with E-state index < -0.39 is 23.5 Å². The molecule has 0 radical (unpaired) electrons. The van der Waals surface area contributed by atoms with Gasteiger partial charge in [0, 0.05) is 4.88 Å². The van der Waals surface area contributed by atoms with E-state index in [-0.39, 0.29) is 23.9 Å². The number of carbonyl (C=O) groups excluding carboxylic acids is 3. The van der Waals surface area contributed by atoms with E-state index in [0.717, 1.165) is 4.88 Å². The highest BCUT2D eigenvalue weighted by Gasteiger charge is 2.46. The van der Waals surface area contributed by atoms with Crippen molar-refractivity contribution in [2.24, 2.45) is 5.92 Å². The fourth-order valence-electron chi connectivity index (χ4n) is 2.44. The minimum absolute atomic E-state index is 0.0328. The first-order valence-corrected chi connectivity index (χ1v) is 8.09. The second-order valence-corrected chi connectivity index (χ2v) is 7.23. The summed E-state index contributed by atoms with van der Waals surface area (Å²) in [5.41, 5.74) is -0.648. The van der Waals surface area contributed by atoms with Crippen LogP contribution in [0.3, 0.4) is 0 Å². The van der Waals surface area contributed by atoms with E-state index in [4.69, 9.17) is 9.47 Å². The maximum atomic E-state index is 12.4. The first kappa shape index (κ1) is 17.4.